The first kappa shape index (κ1) is 8.97. The van der Waals surface area contributed by atoms with E-state index in [1.54, 1.807) is 0 Å². The van der Waals surface area contributed by atoms with Crippen molar-refractivity contribution >= 4 is 0 Å². The third kappa shape index (κ3) is 2.15. The second kappa shape index (κ2) is 3.52. The molecule has 0 aromatic rings. The first-order chi connectivity index (χ1) is 5.11. The Labute approximate surface area is 67.3 Å². The summed E-state index contributed by atoms with van der Waals surface area (Å²) in [5, 5.41) is 9.23. The molecular weight excluding hydrogens is 144 g/mol. The number of aliphatic hydroxyl groups is 1. The van der Waals surface area contributed by atoms with Crippen molar-refractivity contribution < 1.29 is 14.6 Å². The maximum absolute atomic E-state index is 9.23. The van der Waals surface area contributed by atoms with E-state index in [1.807, 2.05) is 20.8 Å². The van der Waals surface area contributed by atoms with Gasteiger partial charge in [0, 0.05) is 5.92 Å². The lowest BCUT2D eigenvalue weighted by atomic mass is 10.1. The lowest BCUT2D eigenvalue weighted by Gasteiger charge is -2.33. The molecule has 0 radical (unpaired) electrons. The summed E-state index contributed by atoms with van der Waals surface area (Å²) >= 11 is 0. The molecule has 0 unspecified atom stereocenters. The second-order valence-corrected chi connectivity index (χ2v) is 3.35. The third-order valence-electron chi connectivity index (χ3n) is 1.87. The van der Waals surface area contributed by atoms with Crippen molar-refractivity contribution in [1.82, 2.24) is 0 Å². The summed E-state index contributed by atoms with van der Waals surface area (Å²) in [7, 11) is 0. The van der Waals surface area contributed by atoms with Crippen molar-refractivity contribution in [3.8, 4) is 0 Å². The third-order valence-corrected chi connectivity index (χ3v) is 1.87. The van der Waals surface area contributed by atoms with Gasteiger partial charge in [0.1, 0.15) is 6.10 Å². The van der Waals surface area contributed by atoms with Gasteiger partial charge in [-0.05, 0) is 6.92 Å². The quantitative estimate of drug-likeness (QED) is 0.615. The van der Waals surface area contributed by atoms with Crippen LogP contribution in [-0.2, 0) is 9.47 Å². The SMILES string of the molecule is CC(C)[C@@H]1OC[C@H](O)[C@H](C)O1. The van der Waals surface area contributed by atoms with Crippen molar-refractivity contribution in [3.63, 3.8) is 0 Å². The van der Waals surface area contributed by atoms with Crippen LogP contribution in [-0.4, -0.2) is 30.2 Å². The average molecular weight is 160 g/mol. The van der Waals surface area contributed by atoms with Crippen molar-refractivity contribution in [2.24, 2.45) is 5.92 Å². The largest absolute Gasteiger partial charge is 0.388 e. The molecule has 1 fully saturated rings. The van der Waals surface area contributed by atoms with E-state index in [0.29, 0.717) is 12.5 Å². The molecule has 1 heterocycles. The Morgan fingerprint density at radius 3 is 2.55 bits per heavy atom. The number of hydrogen-bond donors (Lipinski definition) is 1. The summed E-state index contributed by atoms with van der Waals surface area (Å²) in [5.41, 5.74) is 0. The maximum Gasteiger partial charge on any atom is 0.160 e. The molecule has 0 aliphatic carbocycles. The van der Waals surface area contributed by atoms with Gasteiger partial charge in [0.15, 0.2) is 6.29 Å². The molecule has 0 saturated carbocycles. The Morgan fingerprint density at radius 1 is 1.45 bits per heavy atom. The molecule has 0 bridgehead atoms. The molecule has 3 nitrogen and oxygen atoms in total. The predicted octanol–water partition coefficient (Wildman–Crippen LogP) is 0.765. The van der Waals surface area contributed by atoms with E-state index in [1.165, 1.54) is 0 Å². The van der Waals surface area contributed by atoms with Crippen LogP contribution in [0.2, 0.25) is 0 Å². The highest BCUT2D eigenvalue weighted by molar-refractivity contribution is 4.70. The summed E-state index contributed by atoms with van der Waals surface area (Å²) in [5.74, 6) is 0.352. The van der Waals surface area contributed by atoms with Gasteiger partial charge in [-0.15, -0.1) is 0 Å². The Balaban J connectivity index is 2.40. The van der Waals surface area contributed by atoms with Crippen LogP contribution < -0.4 is 0 Å². The van der Waals surface area contributed by atoms with Gasteiger partial charge in [0.2, 0.25) is 0 Å². The number of rotatable bonds is 1. The molecule has 0 aromatic heterocycles. The minimum Gasteiger partial charge on any atom is -0.388 e. The van der Waals surface area contributed by atoms with Crippen molar-refractivity contribution in [2.75, 3.05) is 6.61 Å². The minimum absolute atomic E-state index is 0.101. The molecule has 1 aliphatic heterocycles. The molecule has 1 N–H and O–H groups in total. The fourth-order valence-electron chi connectivity index (χ4n) is 1.02. The summed E-state index contributed by atoms with van der Waals surface area (Å²) in [4.78, 5) is 0. The minimum atomic E-state index is -0.468. The van der Waals surface area contributed by atoms with Crippen LogP contribution in [0, 0.1) is 5.92 Å². The zero-order valence-electron chi connectivity index (χ0n) is 7.28. The highest BCUT2D eigenvalue weighted by Gasteiger charge is 2.28. The second-order valence-electron chi connectivity index (χ2n) is 3.35. The van der Waals surface area contributed by atoms with Crippen molar-refractivity contribution in [2.45, 2.75) is 39.3 Å². The van der Waals surface area contributed by atoms with Crippen molar-refractivity contribution in [1.29, 1.82) is 0 Å². The normalized spacial score (nSPS) is 39.5. The molecule has 66 valence electrons. The summed E-state index contributed by atoms with van der Waals surface area (Å²) in [6.45, 7) is 6.33. The van der Waals surface area contributed by atoms with E-state index in [2.05, 4.69) is 0 Å². The lowest BCUT2D eigenvalue weighted by Crippen LogP contribution is -2.43. The van der Waals surface area contributed by atoms with Gasteiger partial charge in [-0.1, -0.05) is 13.8 Å². The molecule has 0 amide bonds. The summed E-state index contributed by atoms with van der Waals surface area (Å²) in [6, 6.07) is 0. The van der Waals surface area contributed by atoms with Crippen LogP contribution in [0.1, 0.15) is 20.8 Å². The zero-order chi connectivity index (χ0) is 8.43. The van der Waals surface area contributed by atoms with Gasteiger partial charge in [-0.2, -0.15) is 0 Å². The van der Waals surface area contributed by atoms with Gasteiger partial charge in [0.05, 0.1) is 12.7 Å². The van der Waals surface area contributed by atoms with Crippen molar-refractivity contribution in [3.05, 3.63) is 0 Å². The lowest BCUT2D eigenvalue weighted by molar-refractivity contribution is -0.261. The molecule has 3 heteroatoms. The fourth-order valence-corrected chi connectivity index (χ4v) is 1.02. The topological polar surface area (TPSA) is 38.7 Å². The van der Waals surface area contributed by atoms with Crippen LogP contribution in [0.5, 0.6) is 0 Å². The first-order valence-electron chi connectivity index (χ1n) is 4.06. The van der Waals surface area contributed by atoms with Gasteiger partial charge in [-0.3, -0.25) is 0 Å². The van der Waals surface area contributed by atoms with Gasteiger partial charge in [0.25, 0.3) is 0 Å². The van der Waals surface area contributed by atoms with Gasteiger partial charge in [-0.25, -0.2) is 0 Å². The first-order valence-corrected chi connectivity index (χ1v) is 4.06. The Hall–Kier alpha value is -0.120. The average Bonchev–Trinajstić information content (AvgIpc) is 1.94. The van der Waals surface area contributed by atoms with Crippen LogP contribution in [0.25, 0.3) is 0 Å². The van der Waals surface area contributed by atoms with E-state index < -0.39 is 6.10 Å². The molecule has 1 saturated heterocycles. The zero-order valence-corrected chi connectivity index (χ0v) is 7.28. The Morgan fingerprint density at radius 2 is 2.09 bits per heavy atom. The van der Waals surface area contributed by atoms with Crippen LogP contribution in [0.4, 0.5) is 0 Å². The number of aliphatic hydroxyl groups excluding tert-OH is 1. The maximum atomic E-state index is 9.23. The van der Waals surface area contributed by atoms with E-state index in [9.17, 15) is 5.11 Å². The van der Waals surface area contributed by atoms with E-state index in [-0.39, 0.29) is 12.4 Å². The highest BCUT2D eigenvalue weighted by Crippen LogP contribution is 2.18. The summed E-state index contributed by atoms with van der Waals surface area (Å²) < 4.78 is 10.6. The van der Waals surface area contributed by atoms with Gasteiger partial charge < -0.3 is 14.6 Å². The number of ether oxygens (including phenoxy) is 2. The molecule has 0 spiro atoms. The Bertz CT molecular complexity index is 125. The molecule has 1 rings (SSSR count). The number of hydrogen-bond acceptors (Lipinski definition) is 3. The molecular formula is C8H16O3. The fraction of sp³-hybridized carbons (Fsp3) is 1.00. The molecule has 11 heavy (non-hydrogen) atoms. The van der Waals surface area contributed by atoms with E-state index in [0.717, 1.165) is 0 Å². The molecule has 1 aliphatic rings. The van der Waals surface area contributed by atoms with Gasteiger partial charge >= 0.3 is 0 Å². The van der Waals surface area contributed by atoms with E-state index in [4.69, 9.17) is 9.47 Å². The predicted molar refractivity (Wildman–Crippen MR) is 41.1 cm³/mol. The monoisotopic (exact) mass is 160 g/mol. The Kier molecular flexibility index (Phi) is 2.87. The van der Waals surface area contributed by atoms with E-state index >= 15 is 0 Å². The summed E-state index contributed by atoms with van der Waals surface area (Å²) in [6.07, 6.45) is -0.713. The molecule has 0 aromatic carbocycles. The highest BCUT2D eigenvalue weighted by atomic mass is 16.7. The van der Waals surface area contributed by atoms with Crippen LogP contribution in [0.15, 0.2) is 0 Å². The molecule has 3 atom stereocenters. The van der Waals surface area contributed by atoms with Crippen LogP contribution in [0.3, 0.4) is 0 Å². The van der Waals surface area contributed by atoms with Crippen LogP contribution >= 0.6 is 0 Å². The standard InChI is InChI=1S/C8H16O3/c1-5(2)8-10-4-7(9)6(3)11-8/h5-9H,4H2,1-3H3/t6-,7-,8+/m0/s1. The smallest absolute Gasteiger partial charge is 0.160 e.